The molecular formula is C10H12F3N. The highest BCUT2D eigenvalue weighted by Crippen LogP contribution is 2.30. The fourth-order valence-electron chi connectivity index (χ4n) is 1.33. The van der Waals surface area contributed by atoms with E-state index in [9.17, 15) is 13.2 Å². The van der Waals surface area contributed by atoms with Crippen molar-refractivity contribution in [3.63, 3.8) is 0 Å². The Morgan fingerprint density at radius 3 is 2.36 bits per heavy atom. The Hall–Kier alpha value is -1.03. The lowest BCUT2D eigenvalue weighted by Gasteiger charge is -2.10. The highest BCUT2D eigenvalue weighted by Gasteiger charge is 2.30. The molecule has 1 aromatic rings. The Morgan fingerprint density at radius 1 is 1.21 bits per heavy atom. The Morgan fingerprint density at radius 2 is 1.86 bits per heavy atom. The molecule has 0 aliphatic rings. The molecule has 1 aromatic carbocycles. The minimum absolute atomic E-state index is 0.449. The predicted octanol–water partition coefficient (Wildman–Crippen LogP) is 2.73. The minimum Gasteiger partial charge on any atom is -0.316 e. The Bertz CT molecular complexity index is 318. The zero-order valence-electron chi connectivity index (χ0n) is 8.07. The third kappa shape index (κ3) is 2.73. The fourth-order valence-corrected chi connectivity index (χ4v) is 1.33. The first-order chi connectivity index (χ1) is 6.43. The number of hydrogen-bond acceptors (Lipinski definition) is 1. The van der Waals surface area contributed by atoms with E-state index in [2.05, 4.69) is 5.32 Å². The molecule has 0 fully saturated rings. The third-order valence-corrected chi connectivity index (χ3v) is 1.85. The maximum absolute atomic E-state index is 12.4. The molecule has 1 rings (SSSR count). The van der Waals surface area contributed by atoms with Gasteiger partial charge in [-0.25, -0.2) is 0 Å². The standard InChI is InChI=1S/C10H12F3N/c1-7-3-8(6-14-2)5-9(4-7)10(11,12)13/h3-5,14H,6H2,1-2H3. The summed E-state index contributed by atoms with van der Waals surface area (Å²) in [6.07, 6.45) is -4.26. The zero-order valence-corrected chi connectivity index (χ0v) is 8.07. The van der Waals surface area contributed by atoms with Gasteiger partial charge in [-0.3, -0.25) is 0 Å². The lowest BCUT2D eigenvalue weighted by Crippen LogP contribution is -2.09. The molecule has 0 aromatic heterocycles. The van der Waals surface area contributed by atoms with E-state index >= 15 is 0 Å². The van der Waals surface area contributed by atoms with E-state index in [0.717, 1.165) is 6.07 Å². The van der Waals surface area contributed by atoms with Gasteiger partial charge >= 0.3 is 6.18 Å². The van der Waals surface area contributed by atoms with Crippen LogP contribution < -0.4 is 5.32 Å². The van der Waals surface area contributed by atoms with E-state index in [1.807, 2.05) is 0 Å². The number of aryl methyl sites for hydroxylation is 1. The first-order valence-corrected chi connectivity index (χ1v) is 4.26. The maximum atomic E-state index is 12.4. The van der Waals surface area contributed by atoms with Crippen molar-refractivity contribution < 1.29 is 13.2 Å². The van der Waals surface area contributed by atoms with Crippen LogP contribution >= 0.6 is 0 Å². The molecule has 0 radical (unpaired) electrons. The molecule has 0 bridgehead atoms. The molecule has 1 N–H and O–H groups in total. The highest BCUT2D eigenvalue weighted by molar-refractivity contribution is 5.31. The first-order valence-electron chi connectivity index (χ1n) is 4.26. The number of rotatable bonds is 2. The molecule has 0 amide bonds. The van der Waals surface area contributed by atoms with Gasteiger partial charge in [0.1, 0.15) is 0 Å². The summed E-state index contributed by atoms with van der Waals surface area (Å²) in [4.78, 5) is 0. The van der Waals surface area contributed by atoms with Gasteiger partial charge in [-0.2, -0.15) is 13.2 Å². The normalized spacial score (nSPS) is 11.8. The van der Waals surface area contributed by atoms with Gasteiger partial charge in [0.05, 0.1) is 5.56 Å². The van der Waals surface area contributed by atoms with Gasteiger partial charge in [-0.1, -0.05) is 11.6 Å². The second-order valence-electron chi connectivity index (χ2n) is 3.24. The molecular weight excluding hydrogens is 191 g/mol. The van der Waals surface area contributed by atoms with Crippen LogP contribution in [0.3, 0.4) is 0 Å². The summed E-state index contributed by atoms with van der Waals surface area (Å²) < 4.78 is 37.1. The first kappa shape index (κ1) is 11.0. The molecule has 0 saturated heterocycles. The van der Waals surface area contributed by atoms with Gasteiger partial charge in [0.25, 0.3) is 0 Å². The van der Waals surface area contributed by atoms with Gasteiger partial charge in [-0.05, 0) is 31.7 Å². The highest BCUT2D eigenvalue weighted by atomic mass is 19.4. The van der Waals surface area contributed by atoms with Gasteiger partial charge in [0, 0.05) is 6.54 Å². The third-order valence-electron chi connectivity index (χ3n) is 1.85. The topological polar surface area (TPSA) is 12.0 Å². The van der Waals surface area contributed by atoms with Crippen molar-refractivity contribution in [1.29, 1.82) is 0 Å². The molecule has 0 spiro atoms. The molecule has 78 valence electrons. The van der Waals surface area contributed by atoms with Gasteiger partial charge in [0.15, 0.2) is 0 Å². The monoisotopic (exact) mass is 203 g/mol. The van der Waals surface area contributed by atoms with Crippen LogP contribution in [-0.2, 0) is 12.7 Å². The number of benzene rings is 1. The van der Waals surface area contributed by atoms with Crippen LogP contribution in [0.15, 0.2) is 18.2 Å². The summed E-state index contributed by atoms with van der Waals surface area (Å²) >= 11 is 0. The van der Waals surface area contributed by atoms with Crippen LogP contribution in [0.1, 0.15) is 16.7 Å². The van der Waals surface area contributed by atoms with Crippen molar-refractivity contribution in [2.24, 2.45) is 0 Å². The van der Waals surface area contributed by atoms with Crippen LogP contribution in [0, 0.1) is 6.92 Å². The van der Waals surface area contributed by atoms with Crippen LogP contribution in [0.5, 0.6) is 0 Å². The molecule has 0 unspecified atom stereocenters. The van der Waals surface area contributed by atoms with Gasteiger partial charge in [-0.15, -0.1) is 0 Å². The van der Waals surface area contributed by atoms with Crippen molar-refractivity contribution in [1.82, 2.24) is 5.32 Å². The van der Waals surface area contributed by atoms with Crippen molar-refractivity contribution in [2.45, 2.75) is 19.6 Å². The molecule has 0 aliphatic heterocycles. The molecule has 0 saturated carbocycles. The summed E-state index contributed by atoms with van der Waals surface area (Å²) in [7, 11) is 1.70. The van der Waals surface area contributed by atoms with Crippen molar-refractivity contribution in [3.8, 4) is 0 Å². The zero-order chi connectivity index (χ0) is 10.8. The van der Waals surface area contributed by atoms with E-state index in [1.165, 1.54) is 6.07 Å². The van der Waals surface area contributed by atoms with Crippen molar-refractivity contribution in [2.75, 3.05) is 7.05 Å². The van der Waals surface area contributed by atoms with E-state index in [1.54, 1.807) is 20.0 Å². The molecule has 0 atom stereocenters. The number of halogens is 3. The van der Waals surface area contributed by atoms with Crippen LogP contribution in [0.2, 0.25) is 0 Å². The van der Waals surface area contributed by atoms with Gasteiger partial charge < -0.3 is 5.32 Å². The summed E-state index contributed by atoms with van der Waals surface area (Å²) in [5.41, 5.74) is 0.702. The molecule has 1 nitrogen and oxygen atoms in total. The quantitative estimate of drug-likeness (QED) is 0.779. The van der Waals surface area contributed by atoms with Crippen LogP contribution in [0.25, 0.3) is 0 Å². The second-order valence-corrected chi connectivity index (χ2v) is 3.24. The van der Waals surface area contributed by atoms with E-state index < -0.39 is 11.7 Å². The van der Waals surface area contributed by atoms with Crippen LogP contribution in [0.4, 0.5) is 13.2 Å². The summed E-state index contributed by atoms with van der Waals surface area (Å²) in [5, 5.41) is 2.82. The number of alkyl halides is 3. The Balaban J connectivity index is 3.07. The molecule has 0 heterocycles. The fraction of sp³-hybridized carbons (Fsp3) is 0.400. The lowest BCUT2D eigenvalue weighted by molar-refractivity contribution is -0.137. The van der Waals surface area contributed by atoms with Crippen LogP contribution in [-0.4, -0.2) is 7.05 Å². The average molecular weight is 203 g/mol. The van der Waals surface area contributed by atoms with Crippen molar-refractivity contribution >= 4 is 0 Å². The molecule has 4 heteroatoms. The largest absolute Gasteiger partial charge is 0.416 e. The maximum Gasteiger partial charge on any atom is 0.416 e. The average Bonchev–Trinajstić information content (AvgIpc) is 2.02. The summed E-state index contributed by atoms with van der Waals surface area (Å²) in [5.74, 6) is 0. The SMILES string of the molecule is CNCc1cc(C)cc(C(F)(F)F)c1. The molecule has 14 heavy (non-hydrogen) atoms. The number of hydrogen-bond donors (Lipinski definition) is 1. The molecule has 0 aliphatic carbocycles. The second kappa shape index (κ2) is 4.00. The predicted molar refractivity (Wildman–Crippen MR) is 48.9 cm³/mol. The van der Waals surface area contributed by atoms with E-state index in [0.29, 0.717) is 17.7 Å². The smallest absolute Gasteiger partial charge is 0.316 e. The summed E-state index contributed by atoms with van der Waals surface area (Å²) in [6.45, 7) is 2.11. The minimum atomic E-state index is -4.26. The Labute approximate surface area is 80.9 Å². The lowest BCUT2D eigenvalue weighted by atomic mass is 10.1. The Kier molecular flexibility index (Phi) is 3.16. The number of nitrogens with one attached hydrogen (secondary N) is 1. The van der Waals surface area contributed by atoms with E-state index in [-0.39, 0.29) is 0 Å². The van der Waals surface area contributed by atoms with Gasteiger partial charge in [0.2, 0.25) is 0 Å². The van der Waals surface area contributed by atoms with E-state index in [4.69, 9.17) is 0 Å². The van der Waals surface area contributed by atoms with Crippen molar-refractivity contribution in [3.05, 3.63) is 34.9 Å². The summed E-state index contributed by atoms with van der Waals surface area (Å²) in [6, 6.07) is 4.06.